The van der Waals surface area contributed by atoms with Gasteiger partial charge in [-0.2, -0.15) is 0 Å². The summed E-state index contributed by atoms with van der Waals surface area (Å²) < 4.78 is 24.0. The topological polar surface area (TPSA) is 102 Å². The van der Waals surface area contributed by atoms with Crippen LogP contribution >= 0.6 is 0 Å². The fraction of sp³-hybridized carbons (Fsp3) is 0.538. The van der Waals surface area contributed by atoms with Crippen LogP contribution in [0.25, 0.3) is 0 Å². The Morgan fingerprint density at radius 3 is 2.68 bits per heavy atom. The molecule has 0 saturated carbocycles. The third kappa shape index (κ3) is 4.73. The molecular weight excluding hydrogens is 310 g/mol. The Hall–Kier alpha value is -1.55. The summed E-state index contributed by atoms with van der Waals surface area (Å²) in [5.41, 5.74) is -0.281. The summed E-state index contributed by atoms with van der Waals surface area (Å²) in [6, 6.07) is 4.83. The van der Waals surface area contributed by atoms with E-state index in [1.807, 2.05) is 4.89 Å². The summed E-state index contributed by atoms with van der Waals surface area (Å²) >= 11 is 0. The molecule has 1 heterocycles. The first-order chi connectivity index (χ1) is 10.5. The molecule has 0 spiro atoms. The van der Waals surface area contributed by atoms with Gasteiger partial charge in [0, 0.05) is 18.7 Å². The van der Waals surface area contributed by atoms with Gasteiger partial charge in [0.15, 0.2) is 0 Å². The third-order valence-electron chi connectivity index (χ3n) is 3.47. The van der Waals surface area contributed by atoms with Crippen molar-refractivity contribution in [2.24, 2.45) is 0 Å². The minimum Gasteiger partial charge on any atom is -0.301 e. The second-order valence-electron chi connectivity index (χ2n) is 5.09. The zero-order valence-electron chi connectivity index (χ0n) is 12.1. The van der Waals surface area contributed by atoms with E-state index < -0.39 is 14.9 Å². The summed E-state index contributed by atoms with van der Waals surface area (Å²) in [7, 11) is -3.91. The number of non-ortho nitro benzene ring substituents is 1. The summed E-state index contributed by atoms with van der Waals surface area (Å²) in [6.07, 6.45) is 3.54. The molecular formula is C13H19N3O5S. The SMILES string of the molecule is O=[N+]([O-])c1cccc(S(=O)(=O)NOCCN2CCCCC2)c1. The van der Waals surface area contributed by atoms with E-state index in [9.17, 15) is 18.5 Å². The molecule has 1 fully saturated rings. The van der Waals surface area contributed by atoms with Crippen LogP contribution in [0.2, 0.25) is 0 Å². The molecule has 2 rings (SSSR count). The fourth-order valence-corrected chi connectivity index (χ4v) is 3.16. The van der Waals surface area contributed by atoms with E-state index in [2.05, 4.69) is 4.90 Å². The maximum atomic E-state index is 12.0. The minimum absolute atomic E-state index is 0.195. The van der Waals surface area contributed by atoms with Crippen molar-refractivity contribution in [2.75, 3.05) is 26.2 Å². The van der Waals surface area contributed by atoms with Crippen LogP contribution in [-0.4, -0.2) is 44.5 Å². The Kier molecular flexibility index (Phi) is 5.83. The van der Waals surface area contributed by atoms with E-state index in [1.165, 1.54) is 24.6 Å². The maximum Gasteiger partial charge on any atom is 0.270 e. The smallest absolute Gasteiger partial charge is 0.270 e. The highest BCUT2D eigenvalue weighted by molar-refractivity contribution is 7.89. The molecule has 8 nitrogen and oxygen atoms in total. The highest BCUT2D eigenvalue weighted by Gasteiger charge is 2.18. The van der Waals surface area contributed by atoms with Crippen molar-refractivity contribution < 1.29 is 18.2 Å². The fourth-order valence-electron chi connectivity index (χ4n) is 2.29. The van der Waals surface area contributed by atoms with Gasteiger partial charge in [-0.1, -0.05) is 17.4 Å². The molecule has 0 bridgehead atoms. The van der Waals surface area contributed by atoms with Gasteiger partial charge >= 0.3 is 0 Å². The molecule has 1 aromatic rings. The lowest BCUT2D eigenvalue weighted by molar-refractivity contribution is -0.385. The molecule has 1 aromatic carbocycles. The van der Waals surface area contributed by atoms with Crippen molar-refractivity contribution in [3.05, 3.63) is 34.4 Å². The van der Waals surface area contributed by atoms with E-state index in [0.29, 0.717) is 6.54 Å². The molecule has 0 aromatic heterocycles. The average molecular weight is 329 g/mol. The second-order valence-corrected chi connectivity index (χ2v) is 6.74. The van der Waals surface area contributed by atoms with Crippen LogP contribution < -0.4 is 4.89 Å². The number of nitro benzene ring substituents is 1. The summed E-state index contributed by atoms with van der Waals surface area (Å²) in [5, 5.41) is 10.7. The highest BCUT2D eigenvalue weighted by Crippen LogP contribution is 2.17. The van der Waals surface area contributed by atoms with Gasteiger partial charge < -0.3 is 4.90 Å². The van der Waals surface area contributed by atoms with Gasteiger partial charge in [-0.15, -0.1) is 0 Å². The molecule has 1 aliphatic rings. The summed E-state index contributed by atoms with van der Waals surface area (Å²) in [6.45, 7) is 2.88. The molecule has 1 N–H and O–H groups in total. The van der Waals surface area contributed by atoms with Crippen molar-refractivity contribution in [3.63, 3.8) is 0 Å². The summed E-state index contributed by atoms with van der Waals surface area (Å²) in [4.78, 5) is 19.1. The second kappa shape index (κ2) is 7.63. The van der Waals surface area contributed by atoms with Crippen LogP contribution in [0.5, 0.6) is 0 Å². The van der Waals surface area contributed by atoms with Crippen LogP contribution in [0.4, 0.5) is 5.69 Å². The van der Waals surface area contributed by atoms with Gasteiger partial charge in [0.25, 0.3) is 15.7 Å². The lowest BCUT2D eigenvalue weighted by Gasteiger charge is -2.25. The molecule has 0 unspecified atom stereocenters. The monoisotopic (exact) mass is 329 g/mol. The lowest BCUT2D eigenvalue weighted by atomic mass is 10.1. The molecule has 22 heavy (non-hydrogen) atoms. The van der Waals surface area contributed by atoms with Crippen LogP contribution in [-0.2, 0) is 14.9 Å². The first kappa shape index (κ1) is 16.8. The lowest BCUT2D eigenvalue weighted by Crippen LogP contribution is -2.35. The number of piperidine rings is 1. The zero-order chi connectivity index (χ0) is 16.0. The first-order valence-corrected chi connectivity index (χ1v) is 8.58. The molecule has 1 aliphatic heterocycles. The number of sulfonamides is 1. The normalized spacial score (nSPS) is 16.5. The van der Waals surface area contributed by atoms with Gasteiger partial charge in [-0.25, -0.2) is 8.42 Å². The number of benzene rings is 1. The van der Waals surface area contributed by atoms with Crippen molar-refractivity contribution in [1.29, 1.82) is 0 Å². The van der Waals surface area contributed by atoms with Crippen molar-refractivity contribution in [2.45, 2.75) is 24.2 Å². The number of nitrogens with one attached hydrogen (secondary N) is 1. The van der Waals surface area contributed by atoms with Gasteiger partial charge in [0.1, 0.15) is 0 Å². The van der Waals surface area contributed by atoms with E-state index in [-0.39, 0.29) is 17.2 Å². The zero-order valence-corrected chi connectivity index (χ0v) is 12.9. The molecule has 0 aliphatic carbocycles. The Bertz CT molecular complexity index is 614. The predicted octanol–water partition coefficient (Wildman–Crippen LogP) is 1.29. The Balaban J connectivity index is 1.85. The number of hydrogen-bond acceptors (Lipinski definition) is 6. The van der Waals surface area contributed by atoms with E-state index in [1.54, 1.807) is 0 Å². The van der Waals surface area contributed by atoms with Crippen LogP contribution in [0.1, 0.15) is 19.3 Å². The molecule has 0 atom stereocenters. The number of rotatable bonds is 7. The maximum absolute atomic E-state index is 12.0. The standard InChI is InChI=1S/C13H19N3O5S/c17-16(18)12-5-4-6-13(11-12)22(19,20)14-21-10-9-15-7-2-1-3-8-15/h4-6,11,14H,1-3,7-10H2. The Labute approximate surface area is 129 Å². The van der Waals surface area contributed by atoms with E-state index in [0.717, 1.165) is 32.0 Å². The number of likely N-dealkylation sites (tertiary alicyclic amines) is 1. The summed E-state index contributed by atoms with van der Waals surface area (Å²) in [5.74, 6) is 0. The molecule has 0 amide bonds. The van der Waals surface area contributed by atoms with Gasteiger partial charge in [-0.3, -0.25) is 15.0 Å². The number of nitrogens with zero attached hydrogens (tertiary/aromatic N) is 2. The average Bonchev–Trinajstić information content (AvgIpc) is 2.53. The van der Waals surface area contributed by atoms with Gasteiger partial charge in [-0.05, 0) is 32.0 Å². The van der Waals surface area contributed by atoms with Crippen LogP contribution in [0.3, 0.4) is 0 Å². The van der Waals surface area contributed by atoms with Crippen molar-refractivity contribution >= 4 is 15.7 Å². The van der Waals surface area contributed by atoms with Crippen molar-refractivity contribution in [3.8, 4) is 0 Å². The van der Waals surface area contributed by atoms with E-state index >= 15 is 0 Å². The van der Waals surface area contributed by atoms with Gasteiger partial charge in [0.2, 0.25) is 0 Å². The quantitative estimate of drug-likeness (QED) is 0.459. The van der Waals surface area contributed by atoms with Crippen molar-refractivity contribution in [1.82, 2.24) is 9.79 Å². The molecule has 1 saturated heterocycles. The number of nitro groups is 1. The third-order valence-corrected chi connectivity index (χ3v) is 4.68. The first-order valence-electron chi connectivity index (χ1n) is 7.09. The largest absolute Gasteiger partial charge is 0.301 e. The number of hydrogen-bond donors (Lipinski definition) is 1. The van der Waals surface area contributed by atoms with Crippen LogP contribution in [0.15, 0.2) is 29.2 Å². The van der Waals surface area contributed by atoms with Crippen LogP contribution in [0, 0.1) is 10.1 Å². The van der Waals surface area contributed by atoms with E-state index in [4.69, 9.17) is 4.84 Å². The van der Waals surface area contributed by atoms with Gasteiger partial charge in [0.05, 0.1) is 16.4 Å². The molecule has 0 radical (unpaired) electrons. The Morgan fingerprint density at radius 1 is 1.27 bits per heavy atom. The highest BCUT2D eigenvalue weighted by atomic mass is 32.2. The Morgan fingerprint density at radius 2 is 2.00 bits per heavy atom. The molecule has 122 valence electrons. The predicted molar refractivity (Wildman–Crippen MR) is 79.7 cm³/mol. The molecule has 9 heteroatoms. The minimum atomic E-state index is -3.91.